The molecule has 0 radical (unpaired) electrons. The highest BCUT2D eigenvalue weighted by atomic mass is 16.5. The Morgan fingerprint density at radius 3 is 2.52 bits per heavy atom. The number of ether oxygens (including phenoxy) is 1. The van der Waals surface area contributed by atoms with Crippen molar-refractivity contribution in [2.45, 2.75) is 77.6 Å². The van der Waals surface area contributed by atoms with E-state index in [4.69, 9.17) is 4.74 Å². The first-order chi connectivity index (χ1) is 14.3. The standard InChI is InChI=1S/C25H33N3O/c1-2-3-4-5-7-12-21-17-27-25(28-18-21)22-13-14-24(23(15-22)16-26)29-19-20-10-8-6-9-11-20/h13-15,17-18,20H,2-12,19H2,1H3. The van der Waals surface area contributed by atoms with Crippen LogP contribution < -0.4 is 4.74 Å². The predicted octanol–water partition coefficient (Wildman–Crippen LogP) is 6.49. The average Bonchev–Trinajstić information content (AvgIpc) is 2.78. The molecule has 4 nitrogen and oxygen atoms in total. The quantitative estimate of drug-likeness (QED) is 0.434. The number of nitriles is 1. The molecule has 0 atom stereocenters. The van der Waals surface area contributed by atoms with Crippen molar-refractivity contribution in [3.05, 3.63) is 41.7 Å². The monoisotopic (exact) mass is 391 g/mol. The summed E-state index contributed by atoms with van der Waals surface area (Å²) < 4.78 is 5.99. The van der Waals surface area contributed by atoms with Gasteiger partial charge in [0.1, 0.15) is 11.8 Å². The third kappa shape index (κ3) is 6.56. The summed E-state index contributed by atoms with van der Waals surface area (Å²) in [5.41, 5.74) is 2.60. The van der Waals surface area contributed by atoms with Crippen LogP contribution in [-0.4, -0.2) is 16.6 Å². The number of hydrogen-bond donors (Lipinski definition) is 0. The first-order valence-corrected chi connectivity index (χ1v) is 11.3. The van der Waals surface area contributed by atoms with Gasteiger partial charge >= 0.3 is 0 Å². The first kappa shape index (κ1) is 21.3. The first-order valence-electron chi connectivity index (χ1n) is 11.3. The van der Waals surface area contributed by atoms with Gasteiger partial charge in [-0.2, -0.15) is 5.26 Å². The van der Waals surface area contributed by atoms with Gasteiger partial charge in [0.05, 0.1) is 12.2 Å². The molecule has 0 unspecified atom stereocenters. The summed E-state index contributed by atoms with van der Waals surface area (Å²) in [6.45, 7) is 2.94. The Kier molecular flexibility index (Phi) is 8.49. The molecule has 0 amide bonds. The molecule has 1 fully saturated rings. The highest BCUT2D eigenvalue weighted by Crippen LogP contribution is 2.28. The van der Waals surface area contributed by atoms with Gasteiger partial charge in [-0.05, 0) is 55.4 Å². The molecule has 0 saturated heterocycles. The molecule has 1 aromatic carbocycles. The van der Waals surface area contributed by atoms with Gasteiger partial charge in [-0.3, -0.25) is 0 Å². The number of nitrogens with zero attached hydrogens (tertiary/aromatic N) is 3. The lowest BCUT2D eigenvalue weighted by atomic mass is 9.90. The van der Waals surface area contributed by atoms with E-state index in [0.29, 0.717) is 29.7 Å². The van der Waals surface area contributed by atoms with Gasteiger partial charge in [0.25, 0.3) is 0 Å². The molecule has 1 aliphatic rings. The summed E-state index contributed by atoms with van der Waals surface area (Å²) in [7, 11) is 0. The Labute approximate surface area is 175 Å². The maximum absolute atomic E-state index is 9.56. The van der Waals surface area contributed by atoms with Crippen LogP contribution in [0.5, 0.6) is 5.75 Å². The van der Waals surface area contributed by atoms with E-state index in [1.165, 1.54) is 69.8 Å². The lowest BCUT2D eigenvalue weighted by Gasteiger charge is -2.22. The van der Waals surface area contributed by atoms with Gasteiger partial charge in [-0.15, -0.1) is 0 Å². The molecule has 29 heavy (non-hydrogen) atoms. The van der Waals surface area contributed by atoms with E-state index < -0.39 is 0 Å². The Morgan fingerprint density at radius 1 is 1.03 bits per heavy atom. The minimum Gasteiger partial charge on any atom is -0.492 e. The SMILES string of the molecule is CCCCCCCc1cnc(-c2ccc(OCC3CCCCC3)c(C#N)c2)nc1. The number of hydrogen-bond acceptors (Lipinski definition) is 4. The van der Waals surface area contributed by atoms with Gasteiger partial charge in [-0.25, -0.2) is 9.97 Å². The van der Waals surface area contributed by atoms with Gasteiger partial charge in [0.15, 0.2) is 5.82 Å². The maximum atomic E-state index is 9.56. The summed E-state index contributed by atoms with van der Waals surface area (Å²) in [6.07, 6.45) is 17.6. The van der Waals surface area contributed by atoms with Crippen LogP contribution in [0.3, 0.4) is 0 Å². The number of aryl methyl sites for hydroxylation is 1. The van der Waals surface area contributed by atoms with Gasteiger partial charge in [-0.1, -0.05) is 51.9 Å². The van der Waals surface area contributed by atoms with Gasteiger partial charge in [0.2, 0.25) is 0 Å². The normalized spacial score (nSPS) is 14.5. The molecular weight excluding hydrogens is 358 g/mol. The zero-order chi connectivity index (χ0) is 20.3. The van der Waals surface area contributed by atoms with Gasteiger partial charge in [0, 0.05) is 18.0 Å². The molecule has 0 N–H and O–H groups in total. The predicted molar refractivity (Wildman–Crippen MR) is 117 cm³/mol. The summed E-state index contributed by atoms with van der Waals surface area (Å²) in [4.78, 5) is 9.05. The van der Waals surface area contributed by atoms with Crippen molar-refractivity contribution in [3.63, 3.8) is 0 Å². The Morgan fingerprint density at radius 2 is 1.79 bits per heavy atom. The molecule has 1 saturated carbocycles. The molecule has 0 aliphatic heterocycles. The minimum atomic E-state index is 0.557. The second-order valence-corrected chi connectivity index (χ2v) is 8.22. The Bertz CT molecular complexity index is 789. The smallest absolute Gasteiger partial charge is 0.159 e. The molecule has 1 aliphatic carbocycles. The number of unbranched alkanes of at least 4 members (excludes halogenated alkanes) is 4. The molecular formula is C25H33N3O. The van der Waals surface area contributed by atoms with E-state index in [1.807, 2.05) is 30.6 Å². The summed E-state index contributed by atoms with van der Waals surface area (Å²) >= 11 is 0. The molecule has 0 bridgehead atoms. The van der Waals surface area contributed by atoms with Crippen molar-refractivity contribution in [1.82, 2.24) is 9.97 Å². The van der Waals surface area contributed by atoms with E-state index in [9.17, 15) is 5.26 Å². The Hall–Kier alpha value is -2.41. The lowest BCUT2D eigenvalue weighted by molar-refractivity contribution is 0.208. The fourth-order valence-corrected chi connectivity index (χ4v) is 4.01. The van der Waals surface area contributed by atoms with E-state index in [2.05, 4.69) is 23.0 Å². The third-order valence-electron chi connectivity index (χ3n) is 5.83. The average molecular weight is 392 g/mol. The zero-order valence-corrected chi connectivity index (χ0v) is 17.7. The molecule has 1 aromatic heterocycles. The fraction of sp³-hybridized carbons (Fsp3) is 0.560. The molecule has 2 aromatic rings. The van der Waals surface area contributed by atoms with Crippen molar-refractivity contribution >= 4 is 0 Å². The highest BCUT2D eigenvalue weighted by molar-refractivity contribution is 5.61. The van der Waals surface area contributed by atoms with Crippen molar-refractivity contribution in [3.8, 4) is 23.2 Å². The molecule has 0 spiro atoms. The summed E-state index contributed by atoms with van der Waals surface area (Å²) in [5.74, 6) is 1.95. The van der Waals surface area contributed by atoms with Crippen molar-refractivity contribution in [2.24, 2.45) is 5.92 Å². The fourth-order valence-electron chi connectivity index (χ4n) is 4.01. The summed E-state index contributed by atoms with van der Waals surface area (Å²) in [6, 6.07) is 7.96. The topological polar surface area (TPSA) is 58.8 Å². The van der Waals surface area contributed by atoms with Crippen LogP contribution in [0.15, 0.2) is 30.6 Å². The Balaban J connectivity index is 1.58. The molecule has 3 rings (SSSR count). The number of benzene rings is 1. The van der Waals surface area contributed by atoms with Gasteiger partial charge < -0.3 is 4.74 Å². The molecule has 154 valence electrons. The number of aromatic nitrogens is 2. The highest BCUT2D eigenvalue weighted by Gasteiger charge is 2.15. The van der Waals surface area contributed by atoms with E-state index in [0.717, 1.165) is 12.0 Å². The largest absolute Gasteiger partial charge is 0.492 e. The van der Waals surface area contributed by atoms with Crippen LogP contribution >= 0.6 is 0 Å². The van der Waals surface area contributed by atoms with E-state index in [-0.39, 0.29) is 0 Å². The van der Waals surface area contributed by atoms with Crippen LogP contribution in [0.4, 0.5) is 0 Å². The zero-order valence-electron chi connectivity index (χ0n) is 17.7. The van der Waals surface area contributed by atoms with Crippen LogP contribution in [0.2, 0.25) is 0 Å². The maximum Gasteiger partial charge on any atom is 0.159 e. The van der Waals surface area contributed by atoms with Crippen molar-refractivity contribution < 1.29 is 4.74 Å². The van der Waals surface area contributed by atoms with Crippen molar-refractivity contribution in [2.75, 3.05) is 6.61 Å². The minimum absolute atomic E-state index is 0.557. The van der Waals surface area contributed by atoms with E-state index in [1.54, 1.807) is 0 Å². The third-order valence-corrected chi connectivity index (χ3v) is 5.83. The van der Waals surface area contributed by atoms with Crippen LogP contribution in [0, 0.1) is 17.2 Å². The molecule has 4 heteroatoms. The van der Waals surface area contributed by atoms with E-state index >= 15 is 0 Å². The second kappa shape index (κ2) is 11.6. The van der Waals surface area contributed by atoms with Crippen molar-refractivity contribution in [1.29, 1.82) is 5.26 Å². The van der Waals surface area contributed by atoms with Crippen LogP contribution in [-0.2, 0) is 6.42 Å². The number of rotatable bonds is 10. The summed E-state index contributed by atoms with van der Waals surface area (Å²) in [5, 5.41) is 9.56. The van der Waals surface area contributed by atoms with Crippen LogP contribution in [0.1, 0.15) is 82.3 Å². The lowest BCUT2D eigenvalue weighted by Crippen LogP contribution is -2.15. The van der Waals surface area contributed by atoms with Crippen LogP contribution in [0.25, 0.3) is 11.4 Å². The second-order valence-electron chi connectivity index (χ2n) is 8.22. The molecule has 1 heterocycles.